The molecule has 0 saturated carbocycles. The van der Waals surface area contributed by atoms with E-state index in [1.165, 1.54) is 6.07 Å². The molecule has 2 unspecified atom stereocenters. The molecule has 3 N–H and O–H groups in total. The minimum absolute atomic E-state index is 0.0453. The van der Waals surface area contributed by atoms with Gasteiger partial charge in [-0.25, -0.2) is 9.78 Å². The highest BCUT2D eigenvalue weighted by Gasteiger charge is 2.22. The van der Waals surface area contributed by atoms with E-state index in [-0.39, 0.29) is 28.6 Å². The van der Waals surface area contributed by atoms with Crippen LogP contribution in [0.25, 0.3) is 0 Å². The molecule has 0 radical (unpaired) electrons. The van der Waals surface area contributed by atoms with Crippen LogP contribution in [0.15, 0.2) is 12.3 Å². The summed E-state index contributed by atoms with van der Waals surface area (Å²) in [6, 6.07) is 1.18. The highest BCUT2D eigenvalue weighted by atomic mass is 35.5. The number of pyridine rings is 1. The summed E-state index contributed by atoms with van der Waals surface area (Å²) in [5, 5.41) is 28.1. The van der Waals surface area contributed by atoms with Crippen LogP contribution in [-0.4, -0.2) is 38.3 Å². The van der Waals surface area contributed by atoms with Crippen LogP contribution in [0.4, 0.5) is 0 Å². The Labute approximate surface area is 108 Å². The van der Waals surface area contributed by atoms with Gasteiger partial charge in [-0.05, 0) is 12.5 Å². The first-order valence-electron chi connectivity index (χ1n) is 4.78. The zero-order valence-corrected chi connectivity index (χ0v) is 10.2. The van der Waals surface area contributed by atoms with E-state index in [4.69, 9.17) is 28.3 Å². The molecule has 1 aromatic heterocycles. The number of carbonyl (C=O) groups is 1. The van der Waals surface area contributed by atoms with Crippen molar-refractivity contribution in [3.05, 3.63) is 28.5 Å². The molecule has 0 aliphatic heterocycles. The van der Waals surface area contributed by atoms with Gasteiger partial charge in [-0.3, -0.25) is 0 Å². The number of carboxylic acids is 1. The third-order valence-corrected chi connectivity index (χ3v) is 2.74. The van der Waals surface area contributed by atoms with Crippen molar-refractivity contribution in [2.45, 2.75) is 18.6 Å². The number of hydrogen-bond donors (Lipinski definition) is 3. The monoisotopic (exact) mass is 279 g/mol. The molecule has 7 heteroatoms. The molecular weight excluding hydrogens is 269 g/mol. The number of alkyl halides is 1. The molecule has 0 spiro atoms. The van der Waals surface area contributed by atoms with Gasteiger partial charge in [0.1, 0.15) is 11.3 Å². The molecule has 0 amide bonds. The quantitative estimate of drug-likeness (QED) is 0.561. The van der Waals surface area contributed by atoms with Crippen molar-refractivity contribution in [2.24, 2.45) is 0 Å². The van der Waals surface area contributed by atoms with Crippen molar-refractivity contribution < 1.29 is 20.1 Å². The summed E-state index contributed by atoms with van der Waals surface area (Å²) in [5.74, 6) is -1.02. The lowest BCUT2D eigenvalue weighted by atomic mass is 10.0. The topological polar surface area (TPSA) is 90.7 Å². The van der Waals surface area contributed by atoms with Gasteiger partial charge in [0.15, 0.2) is 0 Å². The maximum Gasteiger partial charge on any atom is 0.337 e. The maximum atomic E-state index is 10.7. The Morgan fingerprint density at radius 3 is 2.65 bits per heavy atom. The third-order valence-electron chi connectivity index (χ3n) is 2.20. The van der Waals surface area contributed by atoms with Crippen LogP contribution in [0.2, 0.25) is 5.15 Å². The number of aromatic carboxylic acids is 1. The molecule has 0 aromatic carbocycles. The summed E-state index contributed by atoms with van der Waals surface area (Å²) < 4.78 is 0. The fraction of sp³-hybridized carbons (Fsp3) is 0.400. The van der Waals surface area contributed by atoms with Gasteiger partial charge >= 0.3 is 5.97 Å². The van der Waals surface area contributed by atoms with Gasteiger partial charge in [0.2, 0.25) is 0 Å². The average Bonchev–Trinajstić information content (AvgIpc) is 2.28. The van der Waals surface area contributed by atoms with Crippen LogP contribution in [0.3, 0.4) is 0 Å². The highest BCUT2D eigenvalue weighted by molar-refractivity contribution is 6.30. The zero-order chi connectivity index (χ0) is 13.0. The fourth-order valence-electron chi connectivity index (χ4n) is 1.27. The first-order chi connectivity index (χ1) is 7.97. The van der Waals surface area contributed by atoms with Crippen molar-refractivity contribution in [1.82, 2.24) is 4.98 Å². The van der Waals surface area contributed by atoms with E-state index in [9.17, 15) is 15.0 Å². The van der Waals surface area contributed by atoms with Crippen molar-refractivity contribution in [1.29, 1.82) is 0 Å². The molecule has 1 heterocycles. The van der Waals surface area contributed by atoms with Crippen molar-refractivity contribution in [3.63, 3.8) is 0 Å². The van der Waals surface area contributed by atoms with Crippen molar-refractivity contribution in [2.75, 3.05) is 5.88 Å². The minimum Gasteiger partial charge on any atom is -0.478 e. The highest BCUT2D eigenvalue weighted by Crippen LogP contribution is 2.26. The molecule has 2 atom stereocenters. The Balaban J connectivity index is 3.03. The van der Waals surface area contributed by atoms with E-state index in [0.29, 0.717) is 0 Å². The van der Waals surface area contributed by atoms with E-state index in [0.717, 1.165) is 6.20 Å². The Morgan fingerprint density at radius 2 is 2.12 bits per heavy atom. The first kappa shape index (κ1) is 14.2. The lowest BCUT2D eigenvalue weighted by molar-refractivity contribution is 0.0168. The van der Waals surface area contributed by atoms with Crippen LogP contribution < -0.4 is 0 Å². The SMILES string of the molecule is O=C(O)c1cnc(Cl)c(C(O)C(O)CCCl)c1. The van der Waals surface area contributed by atoms with Gasteiger partial charge in [-0.1, -0.05) is 11.6 Å². The fourth-order valence-corrected chi connectivity index (χ4v) is 1.71. The number of aromatic nitrogens is 1. The Bertz CT molecular complexity index is 413. The average molecular weight is 280 g/mol. The number of halogens is 2. The van der Waals surface area contributed by atoms with Gasteiger partial charge in [0.05, 0.1) is 11.7 Å². The second kappa shape index (κ2) is 6.16. The number of hydrogen-bond acceptors (Lipinski definition) is 4. The normalized spacial score (nSPS) is 14.4. The molecule has 0 fully saturated rings. The Hall–Kier alpha value is -0.880. The van der Waals surface area contributed by atoms with Crippen LogP contribution in [0.5, 0.6) is 0 Å². The predicted molar refractivity (Wildman–Crippen MR) is 62.5 cm³/mol. The van der Waals surface area contributed by atoms with Crippen LogP contribution >= 0.6 is 23.2 Å². The van der Waals surface area contributed by atoms with Crippen molar-refractivity contribution >= 4 is 29.2 Å². The second-order valence-corrected chi connectivity index (χ2v) is 4.14. The Morgan fingerprint density at radius 1 is 1.47 bits per heavy atom. The maximum absolute atomic E-state index is 10.7. The van der Waals surface area contributed by atoms with E-state index in [1.807, 2.05) is 0 Å². The summed E-state index contributed by atoms with van der Waals surface area (Å²) in [5.41, 5.74) is -0.0364. The standard InChI is InChI=1S/C10H11Cl2NO4/c11-2-1-7(14)8(15)6-3-5(10(16)17)4-13-9(6)12/h3-4,7-8,14-15H,1-2H2,(H,16,17). The molecule has 17 heavy (non-hydrogen) atoms. The molecule has 0 saturated heterocycles. The van der Waals surface area contributed by atoms with Crippen LogP contribution in [0.1, 0.15) is 28.4 Å². The number of carboxylic acid groups (broad SMARTS) is 1. The smallest absolute Gasteiger partial charge is 0.337 e. The summed E-state index contributed by atoms with van der Waals surface area (Å²) in [6.45, 7) is 0. The summed E-state index contributed by atoms with van der Waals surface area (Å²) in [4.78, 5) is 14.4. The predicted octanol–water partition coefficient (Wildman–Crippen LogP) is 1.46. The van der Waals surface area contributed by atoms with Crippen LogP contribution in [0, 0.1) is 0 Å². The molecule has 0 aliphatic rings. The van der Waals surface area contributed by atoms with Gasteiger partial charge in [0.25, 0.3) is 0 Å². The third kappa shape index (κ3) is 3.54. The van der Waals surface area contributed by atoms with Gasteiger partial charge < -0.3 is 15.3 Å². The lowest BCUT2D eigenvalue weighted by Gasteiger charge is -2.18. The summed E-state index contributed by atoms with van der Waals surface area (Å²) in [6.07, 6.45) is -1.19. The first-order valence-corrected chi connectivity index (χ1v) is 5.69. The summed E-state index contributed by atoms with van der Waals surface area (Å²) in [7, 11) is 0. The van der Waals surface area contributed by atoms with Gasteiger partial charge in [-0.15, -0.1) is 11.6 Å². The van der Waals surface area contributed by atoms with Crippen LogP contribution in [-0.2, 0) is 0 Å². The number of nitrogens with zero attached hydrogens (tertiary/aromatic N) is 1. The zero-order valence-electron chi connectivity index (χ0n) is 8.68. The molecule has 94 valence electrons. The second-order valence-electron chi connectivity index (χ2n) is 3.40. The van der Waals surface area contributed by atoms with Gasteiger partial charge in [0, 0.05) is 17.6 Å². The minimum atomic E-state index is -1.31. The largest absolute Gasteiger partial charge is 0.478 e. The lowest BCUT2D eigenvalue weighted by Crippen LogP contribution is -2.19. The van der Waals surface area contributed by atoms with E-state index in [2.05, 4.69) is 4.98 Å². The van der Waals surface area contributed by atoms with Gasteiger partial charge in [-0.2, -0.15) is 0 Å². The van der Waals surface area contributed by atoms with E-state index < -0.39 is 18.2 Å². The van der Waals surface area contributed by atoms with E-state index >= 15 is 0 Å². The summed E-state index contributed by atoms with van der Waals surface area (Å²) >= 11 is 11.2. The number of rotatable bonds is 5. The molecule has 0 aliphatic carbocycles. The number of aliphatic hydroxyl groups is 2. The molecular formula is C10H11Cl2NO4. The molecule has 5 nitrogen and oxygen atoms in total. The Kier molecular flexibility index (Phi) is 5.14. The molecule has 1 aromatic rings. The number of aliphatic hydroxyl groups excluding tert-OH is 2. The van der Waals surface area contributed by atoms with Crippen molar-refractivity contribution in [3.8, 4) is 0 Å². The molecule has 0 bridgehead atoms. The molecule has 1 rings (SSSR count). The van der Waals surface area contributed by atoms with E-state index in [1.54, 1.807) is 0 Å².